The van der Waals surface area contributed by atoms with Crippen molar-refractivity contribution in [2.24, 2.45) is 0 Å². The number of benzene rings is 1. The normalized spacial score (nSPS) is 20.5. The molecule has 1 aromatic heterocycles. The van der Waals surface area contributed by atoms with E-state index < -0.39 is 28.1 Å². The van der Waals surface area contributed by atoms with Crippen molar-refractivity contribution in [3.05, 3.63) is 43.7 Å². The molecule has 0 aliphatic carbocycles. The van der Waals surface area contributed by atoms with Gasteiger partial charge in [0.1, 0.15) is 11.9 Å². The Kier molecular flexibility index (Phi) is 5.58. The van der Waals surface area contributed by atoms with Crippen molar-refractivity contribution in [2.75, 3.05) is 14.2 Å². The molecule has 0 spiro atoms. The van der Waals surface area contributed by atoms with Crippen LogP contribution in [0.4, 0.5) is 0 Å². The Morgan fingerprint density at radius 1 is 1.31 bits per heavy atom. The van der Waals surface area contributed by atoms with Crippen LogP contribution in [-0.4, -0.2) is 44.1 Å². The van der Waals surface area contributed by atoms with Crippen LogP contribution in [0, 0.1) is 2.88 Å². The molecule has 0 saturated heterocycles. The number of aliphatic hydroxyl groups excluding tert-OH is 1. The first-order valence-corrected chi connectivity index (χ1v) is 10.8. The summed E-state index contributed by atoms with van der Waals surface area (Å²) in [4.78, 5) is 12.9. The summed E-state index contributed by atoms with van der Waals surface area (Å²) in [5, 5.41) is 10.7. The zero-order valence-electron chi connectivity index (χ0n) is 13.9. The van der Waals surface area contributed by atoms with Crippen molar-refractivity contribution in [1.29, 1.82) is 0 Å². The van der Waals surface area contributed by atoms with Crippen molar-refractivity contribution in [3.8, 4) is 5.75 Å². The smallest absolute Gasteiger partial charge is 0.327 e. The topological polar surface area (TPSA) is 93.1 Å². The summed E-state index contributed by atoms with van der Waals surface area (Å²) < 4.78 is 38.0. The summed E-state index contributed by atoms with van der Waals surface area (Å²) in [5.74, 6) is -0.287. The van der Waals surface area contributed by atoms with Crippen LogP contribution in [0.2, 0.25) is 0 Å². The summed E-state index contributed by atoms with van der Waals surface area (Å²) in [6, 6.07) is 6.34. The minimum atomic E-state index is -4.04. The summed E-state index contributed by atoms with van der Waals surface area (Å²) in [5.41, 5.74) is 0.684. The third-order valence-corrected chi connectivity index (χ3v) is 7.97. The predicted molar refractivity (Wildman–Crippen MR) is 104 cm³/mol. The molecule has 2 atom stereocenters. The van der Waals surface area contributed by atoms with E-state index in [-0.39, 0.29) is 11.4 Å². The largest absolute Gasteiger partial charge is 0.497 e. The third kappa shape index (κ3) is 3.36. The highest BCUT2D eigenvalue weighted by molar-refractivity contribution is 14.1. The van der Waals surface area contributed by atoms with Crippen molar-refractivity contribution >= 4 is 49.9 Å². The molecule has 140 valence electrons. The van der Waals surface area contributed by atoms with Gasteiger partial charge in [-0.1, -0.05) is 0 Å². The van der Waals surface area contributed by atoms with E-state index in [1.54, 1.807) is 0 Å². The molecule has 26 heavy (non-hydrogen) atoms. The first-order valence-electron chi connectivity index (χ1n) is 7.49. The van der Waals surface area contributed by atoms with Crippen molar-refractivity contribution in [3.63, 3.8) is 0 Å². The molecule has 1 aliphatic rings. The lowest BCUT2D eigenvalue weighted by atomic mass is 10.0. The molecule has 2 heterocycles. The number of sulfonamides is 1. The van der Waals surface area contributed by atoms with Gasteiger partial charge < -0.3 is 14.6 Å². The van der Waals surface area contributed by atoms with E-state index in [9.17, 15) is 18.3 Å². The lowest BCUT2D eigenvalue weighted by Gasteiger charge is -2.35. The van der Waals surface area contributed by atoms with Gasteiger partial charge >= 0.3 is 5.97 Å². The van der Waals surface area contributed by atoms with E-state index in [1.165, 1.54) is 49.8 Å². The molecule has 0 saturated carbocycles. The Labute approximate surface area is 168 Å². The Balaban J connectivity index is 2.08. The minimum absolute atomic E-state index is 0.00720. The number of methoxy groups -OCH3 is 2. The number of aliphatic hydroxyl groups is 1. The second-order valence-electron chi connectivity index (χ2n) is 5.58. The van der Waals surface area contributed by atoms with Crippen LogP contribution in [-0.2, 0) is 26.1 Å². The zero-order chi connectivity index (χ0) is 19.1. The molecule has 0 bridgehead atoms. The van der Waals surface area contributed by atoms with Crippen LogP contribution >= 0.6 is 33.9 Å². The van der Waals surface area contributed by atoms with Crippen LogP contribution in [0.25, 0.3) is 0 Å². The monoisotopic (exact) mass is 509 g/mol. The zero-order valence-corrected chi connectivity index (χ0v) is 17.7. The van der Waals surface area contributed by atoms with Gasteiger partial charge in [0.15, 0.2) is 6.04 Å². The quantitative estimate of drug-likeness (QED) is 0.502. The summed E-state index contributed by atoms with van der Waals surface area (Å²) in [7, 11) is -1.39. The van der Waals surface area contributed by atoms with Crippen molar-refractivity contribution < 1.29 is 27.8 Å². The Bertz CT molecular complexity index is 925. The van der Waals surface area contributed by atoms with Crippen LogP contribution in [0.3, 0.4) is 0 Å². The van der Waals surface area contributed by atoms with Crippen LogP contribution in [0.1, 0.15) is 16.5 Å². The van der Waals surface area contributed by atoms with Gasteiger partial charge in [-0.25, -0.2) is 8.42 Å². The Hall–Kier alpha value is -1.21. The molecule has 10 heteroatoms. The second kappa shape index (κ2) is 7.43. The maximum absolute atomic E-state index is 13.1. The lowest BCUT2D eigenvalue weighted by molar-refractivity contribution is -0.150. The molecule has 0 unspecified atom stereocenters. The fraction of sp³-hybridized carbons (Fsp3) is 0.312. The Morgan fingerprint density at radius 3 is 2.54 bits per heavy atom. The van der Waals surface area contributed by atoms with Crippen LogP contribution in [0.15, 0.2) is 35.2 Å². The number of carbonyl (C=O) groups is 1. The maximum Gasteiger partial charge on any atom is 0.327 e. The van der Waals surface area contributed by atoms with Gasteiger partial charge in [-0.15, -0.1) is 11.3 Å². The molecular formula is C16H16INO6S2. The van der Waals surface area contributed by atoms with Crippen molar-refractivity contribution in [2.45, 2.75) is 23.6 Å². The van der Waals surface area contributed by atoms with Gasteiger partial charge in [-0.3, -0.25) is 4.79 Å². The maximum atomic E-state index is 13.1. The average Bonchev–Trinajstić information content (AvgIpc) is 3.02. The summed E-state index contributed by atoms with van der Waals surface area (Å²) >= 11 is 3.44. The van der Waals surface area contributed by atoms with E-state index in [1.807, 2.05) is 6.07 Å². The third-order valence-electron chi connectivity index (χ3n) is 4.12. The van der Waals surface area contributed by atoms with Gasteiger partial charge in [0.25, 0.3) is 0 Å². The molecule has 1 aromatic carbocycles. The number of carbonyl (C=O) groups excluding carboxylic acids is 1. The highest BCUT2D eigenvalue weighted by Crippen LogP contribution is 2.40. The molecule has 7 nitrogen and oxygen atoms in total. The van der Waals surface area contributed by atoms with Gasteiger partial charge in [-0.05, 0) is 58.5 Å². The SMILES string of the molecule is COC(=O)[C@H]1[C@@H](O)c2sc(I)cc2CN1S(=O)(=O)c1ccc(OC)cc1. The number of thiophene rings is 1. The number of esters is 1. The molecule has 0 amide bonds. The second-order valence-corrected chi connectivity index (χ2v) is 10.4. The summed E-state index contributed by atoms with van der Waals surface area (Å²) in [6.45, 7) is -0.0139. The predicted octanol–water partition coefficient (Wildman–Crippen LogP) is 2.14. The number of nitrogens with zero attached hydrogens (tertiary/aromatic N) is 1. The number of ether oxygens (including phenoxy) is 2. The number of rotatable bonds is 4. The first kappa shape index (κ1) is 19.5. The van der Waals surface area contributed by atoms with E-state index in [0.717, 1.165) is 7.19 Å². The fourth-order valence-electron chi connectivity index (χ4n) is 2.83. The van der Waals surface area contributed by atoms with Crippen molar-refractivity contribution in [1.82, 2.24) is 4.31 Å². The number of halogens is 1. The Morgan fingerprint density at radius 2 is 1.96 bits per heavy atom. The molecule has 1 N–H and O–H groups in total. The van der Waals surface area contributed by atoms with Gasteiger partial charge in [0, 0.05) is 11.4 Å². The van der Waals surface area contributed by atoms with Gasteiger partial charge in [-0.2, -0.15) is 4.31 Å². The molecule has 2 aromatic rings. The van der Waals surface area contributed by atoms with E-state index in [2.05, 4.69) is 22.6 Å². The number of fused-ring (bicyclic) bond motifs is 1. The van der Waals surface area contributed by atoms with E-state index >= 15 is 0 Å². The molecule has 3 rings (SSSR count). The average molecular weight is 509 g/mol. The van der Waals surface area contributed by atoms with Gasteiger partial charge in [0.05, 0.1) is 22.0 Å². The standard InChI is InChI=1S/C16H16INO6S2/c1-23-10-3-5-11(6-4-10)26(21,22)18-8-9-7-12(17)25-15(9)14(19)13(18)16(20)24-2/h3-7,13-14,19H,8H2,1-2H3/t13-,14-/m1/s1. The highest BCUT2D eigenvalue weighted by Gasteiger charge is 2.46. The van der Waals surface area contributed by atoms with Gasteiger partial charge in [0.2, 0.25) is 10.0 Å². The van der Waals surface area contributed by atoms with E-state index in [0.29, 0.717) is 16.2 Å². The minimum Gasteiger partial charge on any atom is -0.497 e. The first-order chi connectivity index (χ1) is 12.3. The van der Waals surface area contributed by atoms with Crippen LogP contribution < -0.4 is 4.74 Å². The lowest BCUT2D eigenvalue weighted by Crippen LogP contribution is -2.50. The molecule has 0 radical (unpaired) electrons. The molecule has 1 aliphatic heterocycles. The molecular weight excluding hydrogens is 493 g/mol. The number of hydrogen-bond acceptors (Lipinski definition) is 7. The summed E-state index contributed by atoms with van der Waals surface area (Å²) in [6.07, 6.45) is -1.28. The fourth-order valence-corrected chi connectivity index (χ4v) is 6.40. The molecule has 0 fully saturated rings. The highest BCUT2D eigenvalue weighted by atomic mass is 127. The van der Waals surface area contributed by atoms with Crippen LogP contribution in [0.5, 0.6) is 5.75 Å². The van der Waals surface area contributed by atoms with E-state index in [4.69, 9.17) is 9.47 Å². The number of hydrogen-bond donors (Lipinski definition) is 1.